The molecule has 1 aromatic carbocycles. The highest BCUT2D eigenvalue weighted by atomic mass is 32.2. The van der Waals surface area contributed by atoms with E-state index in [1.807, 2.05) is 31.1 Å². The standard InChI is InChI=1S/C19H21N5O3S/c1-14-12-21-18(19(22-14)27-4)24(16-9-7-15(8-10-16)23(2)3)28(25,26)17-6-5-11-20-13-17/h5-13H,1-4H3. The third-order valence-corrected chi connectivity index (χ3v) is 5.70. The number of anilines is 3. The molecule has 0 bridgehead atoms. The molecule has 0 N–H and O–H groups in total. The Kier molecular flexibility index (Phi) is 5.46. The van der Waals surface area contributed by atoms with Gasteiger partial charge in [0.25, 0.3) is 15.9 Å². The van der Waals surface area contributed by atoms with E-state index in [1.165, 1.54) is 31.8 Å². The lowest BCUT2D eigenvalue weighted by atomic mass is 10.2. The fourth-order valence-corrected chi connectivity index (χ4v) is 4.00. The van der Waals surface area contributed by atoms with Crippen LogP contribution >= 0.6 is 0 Å². The molecule has 0 fully saturated rings. The Bertz CT molecular complexity index is 1050. The number of sulfonamides is 1. The summed E-state index contributed by atoms with van der Waals surface area (Å²) in [6.07, 6.45) is 4.31. The largest absolute Gasteiger partial charge is 0.478 e. The molecule has 0 amide bonds. The Labute approximate surface area is 164 Å². The van der Waals surface area contributed by atoms with Gasteiger partial charge in [-0.3, -0.25) is 4.98 Å². The molecule has 3 aromatic rings. The van der Waals surface area contributed by atoms with Gasteiger partial charge in [0.15, 0.2) is 0 Å². The van der Waals surface area contributed by atoms with Gasteiger partial charge in [-0.1, -0.05) is 0 Å². The van der Waals surface area contributed by atoms with Gasteiger partial charge >= 0.3 is 0 Å². The first-order chi connectivity index (χ1) is 13.3. The number of methoxy groups -OCH3 is 1. The first-order valence-corrected chi connectivity index (χ1v) is 9.89. The molecule has 0 saturated carbocycles. The molecule has 0 aliphatic carbocycles. The Balaban J connectivity index is 2.23. The summed E-state index contributed by atoms with van der Waals surface area (Å²) < 4.78 is 33.4. The average Bonchev–Trinajstić information content (AvgIpc) is 2.70. The van der Waals surface area contributed by atoms with Gasteiger partial charge in [-0.2, -0.15) is 0 Å². The maximum absolute atomic E-state index is 13.5. The van der Waals surface area contributed by atoms with Gasteiger partial charge in [-0.25, -0.2) is 22.7 Å². The second-order valence-corrected chi connectivity index (χ2v) is 8.00. The lowest BCUT2D eigenvalue weighted by Crippen LogP contribution is -2.28. The topological polar surface area (TPSA) is 88.5 Å². The maximum atomic E-state index is 13.5. The van der Waals surface area contributed by atoms with Gasteiger partial charge in [0, 0.05) is 32.2 Å². The van der Waals surface area contributed by atoms with Crippen molar-refractivity contribution in [1.29, 1.82) is 0 Å². The second kappa shape index (κ2) is 7.81. The number of pyridine rings is 1. The van der Waals surface area contributed by atoms with Crippen molar-refractivity contribution in [1.82, 2.24) is 15.0 Å². The monoisotopic (exact) mass is 399 g/mol. The predicted molar refractivity (Wildman–Crippen MR) is 108 cm³/mol. The van der Waals surface area contributed by atoms with Crippen molar-refractivity contribution >= 4 is 27.2 Å². The quantitative estimate of drug-likeness (QED) is 0.630. The van der Waals surface area contributed by atoms with Crippen LogP contribution < -0.4 is 13.9 Å². The number of ether oxygens (including phenoxy) is 1. The Hall–Kier alpha value is -3.20. The first kappa shape index (κ1) is 19.6. The highest BCUT2D eigenvalue weighted by Gasteiger charge is 2.31. The minimum atomic E-state index is -4.01. The first-order valence-electron chi connectivity index (χ1n) is 8.45. The van der Waals surface area contributed by atoms with E-state index in [9.17, 15) is 8.42 Å². The second-order valence-electron chi connectivity index (χ2n) is 6.21. The molecule has 0 aliphatic heterocycles. The van der Waals surface area contributed by atoms with Crippen LogP contribution in [-0.4, -0.2) is 44.6 Å². The number of aromatic nitrogens is 3. The predicted octanol–water partition coefficient (Wildman–Crippen LogP) is 2.78. The summed E-state index contributed by atoms with van der Waals surface area (Å²) in [5.41, 5.74) is 1.96. The molecule has 2 aromatic heterocycles. The molecule has 2 heterocycles. The van der Waals surface area contributed by atoms with E-state index < -0.39 is 10.0 Å². The molecule has 9 heteroatoms. The zero-order valence-corrected chi connectivity index (χ0v) is 16.9. The maximum Gasteiger partial charge on any atom is 0.271 e. The highest BCUT2D eigenvalue weighted by Crippen LogP contribution is 2.36. The molecule has 28 heavy (non-hydrogen) atoms. The van der Waals surface area contributed by atoms with Crippen LogP contribution in [0.25, 0.3) is 0 Å². The minimum Gasteiger partial charge on any atom is -0.478 e. The molecule has 146 valence electrons. The molecule has 0 unspecified atom stereocenters. The average molecular weight is 399 g/mol. The van der Waals surface area contributed by atoms with Gasteiger partial charge in [-0.05, 0) is 43.3 Å². The van der Waals surface area contributed by atoms with E-state index in [4.69, 9.17) is 4.74 Å². The molecule has 0 atom stereocenters. The zero-order chi connectivity index (χ0) is 20.3. The van der Waals surface area contributed by atoms with Gasteiger partial charge in [0.05, 0.1) is 24.7 Å². The van der Waals surface area contributed by atoms with Crippen LogP contribution in [0.3, 0.4) is 0 Å². The molecule has 3 rings (SSSR count). The van der Waals surface area contributed by atoms with Gasteiger partial charge in [0.1, 0.15) is 4.90 Å². The van der Waals surface area contributed by atoms with Crippen molar-refractivity contribution < 1.29 is 13.2 Å². The molecular formula is C19H21N5O3S. The lowest BCUT2D eigenvalue weighted by Gasteiger charge is -2.25. The van der Waals surface area contributed by atoms with Crippen molar-refractivity contribution in [2.45, 2.75) is 11.8 Å². The third-order valence-electron chi connectivity index (χ3n) is 4.00. The van der Waals surface area contributed by atoms with E-state index in [-0.39, 0.29) is 16.6 Å². The van der Waals surface area contributed by atoms with Crippen molar-refractivity contribution in [3.63, 3.8) is 0 Å². The third kappa shape index (κ3) is 3.74. The summed E-state index contributed by atoms with van der Waals surface area (Å²) in [5, 5.41) is 0. The molecule has 0 radical (unpaired) electrons. The molecular weight excluding hydrogens is 378 g/mol. The molecule has 8 nitrogen and oxygen atoms in total. The minimum absolute atomic E-state index is 0.0381. The molecule has 0 aliphatic rings. The van der Waals surface area contributed by atoms with Crippen LogP contribution in [0.2, 0.25) is 0 Å². The van der Waals surface area contributed by atoms with E-state index >= 15 is 0 Å². The SMILES string of the molecule is COc1nc(C)cnc1N(c1ccc(N(C)C)cc1)S(=O)(=O)c1cccnc1. The van der Waals surface area contributed by atoms with E-state index in [2.05, 4.69) is 15.0 Å². The van der Waals surface area contributed by atoms with Crippen LogP contribution in [-0.2, 0) is 10.0 Å². The van der Waals surface area contributed by atoms with Crippen LogP contribution in [0.15, 0.2) is 59.9 Å². The summed E-state index contributed by atoms with van der Waals surface area (Å²) >= 11 is 0. The number of rotatable bonds is 6. The van der Waals surface area contributed by atoms with Crippen molar-refractivity contribution in [2.75, 3.05) is 30.4 Å². The smallest absolute Gasteiger partial charge is 0.271 e. The Morgan fingerprint density at radius 3 is 2.25 bits per heavy atom. The van der Waals surface area contributed by atoms with Gasteiger partial charge in [-0.15, -0.1) is 0 Å². The number of benzene rings is 1. The van der Waals surface area contributed by atoms with Crippen LogP contribution in [0.4, 0.5) is 17.2 Å². The van der Waals surface area contributed by atoms with E-state index in [0.29, 0.717) is 11.4 Å². The van der Waals surface area contributed by atoms with Crippen LogP contribution in [0.5, 0.6) is 5.88 Å². The van der Waals surface area contributed by atoms with Crippen molar-refractivity contribution in [2.24, 2.45) is 0 Å². The fraction of sp³-hybridized carbons (Fsp3) is 0.211. The summed E-state index contributed by atoms with van der Waals surface area (Å²) in [4.78, 5) is 14.5. The summed E-state index contributed by atoms with van der Waals surface area (Å²) in [7, 11) is 1.24. The number of hydrogen-bond donors (Lipinski definition) is 0. The zero-order valence-electron chi connectivity index (χ0n) is 16.1. The Morgan fingerprint density at radius 2 is 1.68 bits per heavy atom. The fourth-order valence-electron chi connectivity index (χ4n) is 2.59. The van der Waals surface area contributed by atoms with E-state index in [0.717, 1.165) is 9.99 Å². The van der Waals surface area contributed by atoms with Crippen LogP contribution in [0, 0.1) is 6.92 Å². The van der Waals surface area contributed by atoms with Gasteiger partial charge < -0.3 is 9.64 Å². The summed E-state index contributed by atoms with van der Waals surface area (Å²) in [6, 6.07) is 10.1. The number of aryl methyl sites for hydroxylation is 1. The number of hydrogen-bond acceptors (Lipinski definition) is 7. The molecule has 0 saturated heterocycles. The number of nitrogens with zero attached hydrogens (tertiary/aromatic N) is 5. The Morgan fingerprint density at radius 1 is 1.00 bits per heavy atom. The normalized spacial score (nSPS) is 11.1. The van der Waals surface area contributed by atoms with E-state index in [1.54, 1.807) is 25.1 Å². The van der Waals surface area contributed by atoms with Crippen molar-refractivity contribution in [3.05, 3.63) is 60.7 Å². The highest BCUT2D eigenvalue weighted by molar-refractivity contribution is 7.93. The summed E-state index contributed by atoms with van der Waals surface area (Å²) in [6.45, 7) is 1.76. The van der Waals surface area contributed by atoms with Gasteiger partial charge in [0.2, 0.25) is 5.82 Å². The van der Waals surface area contributed by atoms with Crippen LogP contribution in [0.1, 0.15) is 5.69 Å². The van der Waals surface area contributed by atoms with Crippen molar-refractivity contribution in [3.8, 4) is 5.88 Å². The summed E-state index contributed by atoms with van der Waals surface area (Å²) in [5.74, 6) is 0.193. The molecule has 0 spiro atoms. The lowest BCUT2D eigenvalue weighted by molar-refractivity contribution is 0.396.